The number of rotatable bonds is 3. The molecule has 4 heteroatoms. The molecule has 0 radical (unpaired) electrons. The lowest BCUT2D eigenvalue weighted by molar-refractivity contribution is -0.134. The topological polar surface area (TPSA) is 74.6 Å². The third-order valence-corrected chi connectivity index (χ3v) is 1.97. The number of carboxylic acids is 2. The standard InChI is InChI=1S/C11H10O4/c1-7(10(12)13)9(11(14)15)8-5-3-2-4-6-8/h2-6H,1H3,(H,12,13)(H,14,15)/b9-7-. The van der Waals surface area contributed by atoms with Crippen molar-refractivity contribution in [3.63, 3.8) is 0 Å². The highest BCUT2D eigenvalue weighted by Gasteiger charge is 2.17. The summed E-state index contributed by atoms with van der Waals surface area (Å²) >= 11 is 0. The van der Waals surface area contributed by atoms with Gasteiger partial charge in [0.1, 0.15) is 0 Å². The molecule has 1 aromatic carbocycles. The Kier molecular flexibility index (Phi) is 3.23. The van der Waals surface area contributed by atoms with Crippen LogP contribution in [0, 0.1) is 0 Å². The normalized spacial score (nSPS) is 11.8. The first-order chi connectivity index (χ1) is 7.04. The summed E-state index contributed by atoms with van der Waals surface area (Å²) in [6.45, 7) is 1.28. The molecule has 78 valence electrons. The Bertz CT molecular complexity index is 417. The van der Waals surface area contributed by atoms with Crippen LogP contribution >= 0.6 is 0 Å². The third-order valence-electron chi connectivity index (χ3n) is 1.97. The highest BCUT2D eigenvalue weighted by Crippen LogP contribution is 2.18. The van der Waals surface area contributed by atoms with Gasteiger partial charge in [-0.15, -0.1) is 0 Å². The van der Waals surface area contributed by atoms with Crippen LogP contribution in [0.2, 0.25) is 0 Å². The van der Waals surface area contributed by atoms with E-state index >= 15 is 0 Å². The fourth-order valence-corrected chi connectivity index (χ4v) is 1.21. The van der Waals surface area contributed by atoms with Crippen molar-refractivity contribution in [2.45, 2.75) is 6.92 Å². The van der Waals surface area contributed by atoms with Gasteiger partial charge in [0.25, 0.3) is 0 Å². The molecular weight excluding hydrogens is 196 g/mol. The smallest absolute Gasteiger partial charge is 0.336 e. The number of benzene rings is 1. The molecule has 0 aliphatic carbocycles. The fraction of sp³-hybridized carbons (Fsp3) is 0.0909. The van der Waals surface area contributed by atoms with Gasteiger partial charge in [-0.05, 0) is 12.5 Å². The molecule has 4 nitrogen and oxygen atoms in total. The summed E-state index contributed by atoms with van der Waals surface area (Å²) in [4.78, 5) is 21.6. The summed E-state index contributed by atoms with van der Waals surface area (Å²) in [6, 6.07) is 8.19. The highest BCUT2D eigenvalue weighted by atomic mass is 16.4. The molecule has 1 rings (SSSR count). The van der Waals surface area contributed by atoms with Gasteiger partial charge in [0.05, 0.1) is 5.57 Å². The molecule has 0 saturated heterocycles. The Morgan fingerprint density at radius 2 is 1.53 bits per heavy atom. The summed E-state index contributed by atoms with van der Waals surface area (Å²) in [6.07, 6.45) is 0. The van der Waals surface area contributed by atoms with Crippen LogP contribution in [0.25, 0.3) is 5.57 Å². The van der Waals surface area contributed by atoms with E-state index in [-0.39, 0.29) is 11.1 Å². The zero-order valence-corrected chi connectivity index (χ0v) is 8.10. The molecule has 0 amide bonds. The van der Waals surface area contributed by atoms with Gasteiger partial charge in [-0.25, -0.2) is 9.59 Å². The van der Waals surface area contributed by atoms with E-state index in [1.165, 1.54) is 6.92 Å². The van der Waals surface area contributed by atoms with Gasteiger partial charge < -0.3 is 10.2 Å². The molecule has 15 heavy (non-hydrogen) atoms. The van der Waals surface area contributed by atoms with E-state index < -0.39 is 11.9 Å². The number of hydrogen-bond donors (Lipinski definition) is 2. The van der Waals surface area contributed by atoms with Crippen molar-refractivity contribution in [3.05, 3.63) is 41.5 Å². The molecule has 0 bridgehead atoms. The van der Waals surface area contributed by atoms with E-state index in [2.05, 4.69) is 0 Å². The van der Waals surface area contributed by atoms with Gasteiger partial charge in [-0.1, -0.05) is 30.3 Å². The minimum atomic E-state index is -1.24. The summed E-state index contributed by atoms with van der Waals surface area (Å²) < 4.78 is 0. The van der Waals surface area contributed by atoms with Crippen molar-refractivity contribution in [3.8, 4) is 0 Å². The Morgan fingerprint density at radius 3 is 1.93 bits per heavy atom. The molecule has 0 spiro atoms. The predicted molar refractivity (Wildman–Crippen MR) is 54.3 cm³/mol. The molecule has 0 atom stereocenters. The number of hydrogen-bond acceptors (Lipinski definition) is 2. The number of aliphatic carboxylic acids is 2. The molecule has 0 aromatic heterocycles. The largest absolute Gasteiger partial charge is 0.478 e. The minimum absolute atomic E-state index is 0.172. The zero-order chi connectivity index (χ0) is 11.4. The molecule has 0 saturated carbocycles. The zero-order valence-electron chi connectivity index (χ0n) is 8.10. The first-order valence-corrected chi connectivity index (χ1v) is 4.27. The lowest BCUT2D eigenvalue weighted by Crippen LogP contribution is -2.08. The maximum Gasteiger partial charge on any atom is 0.336 e. The summed E-state index contributed by atoms with van der Waals surface area (Å²) in [7, 11) is 0. The Balaban J connectivity index is 3.34. The lowest BCUT2D eigenvalue weighted by atomic mass is 10.0. The van der Waals surface area contributed by atoms with E-state index in [0.717, 1.165) is 0 Å². The molecule has 0 aliphatic rings. The molecule has 0 heterocycles. The average Bonchev–Trinajstić information content (AvgIpc) is 2.18. The predicted octanol–water partition coefficient (Wildman–Crippen LogP) is 1.63. The van der Waals surface area contributed by atoms with Crippen LogP contribution in [0.15, 0.2) is 35.9 Å². The van der Waals surface area contributed by atoms with Crippen molar-refractivity contribution in [1.29, 1.82) is 0 Å². The minimum Gasteiger partial charge on any atom is -0.478 e. The van der Waals surface area contributed by atoms with Gasteiger partial charge in [-0.2, -0.15) is 0 Å². The molecule has 0 aliphatic heterocycles. The second-order valence-electron chi connectivity index (χ2n) is 2.98. The lowest BCUT2D eigenvalue weighted by Gasteiger charge is -2.04. The SMILES string of the molecule is C/C(C(=O)O)=C(/C(=O)O)c1ccccc1. The molecule has 2 N–H and O–H groups in total. The van der Waals surface area contributed by atoms with Crippen molar-refractivity contribution >= 4 is 17.5 Å². The van der Waals surface area contributed by atoms with Crippen LogP contribution in [0.3, 0.4) is 0 Å². The number of carbonyl (C=O) groups is 2. The maximum atomic E-state index is 10.9. The van der Waals surface area contributed by atoms with Crippen LogP contribution in [0.4, 0.5) is 0 Å². The van der Waals surface area contributed by atoms with Crippen molar-refractivity contribution in [1.82, 2.24) is 0 Å². The van der Waals surface area contributed by atoms with Crippen LogP contribution in [0.5, 0.6) is 0 Å². The summed E-state index contributed by atoms with van der Waals surface area (Å²) in [5.41, 5.74) is 0.0432. The van der Waals surface area contributed by atoms with E-state index in [9.17, 15) is 9.59 Å². The van der Waals surface area contributed by atoms with Gasteiger partial charge >= 0.3 is 11.9 Å². The number of carboxylic acid groups (broad SMARTS) is 2. The van der Waals surface area contributed by atoms with E-state index in [1.54, 1.807) is 30.3 Å². The molecular formula is C11H10O4. The summed E-state index contributed by atoms with van der Waals surface area (Å²) in [5, 5.41) is 17.7. The van der Waals surface area contributed by atoms with Crippen molar-refractivity contribution < 1.29 is 19.8 Å². The van der Waals surface area contributed by atoms with Crippen LogP contribution < -0.4 is 0 Å². The van der Waals surface area contributed by atoms with Gasteiger partial charge in [-0.3, -0.25) is 0 Å². The van der Waals surface area contributed by atoms with E-state index in [1.807, 2.05) is 0 Å². The van der Waals surface area contributed by atoms with Crippen molar-refractivity contribution in [2.24, 2.45) is 0 Å². The van der Waals surface area contributed by atoms with Gasteiger partial charge in [0.15, 0.2) is 0 Å². The summed E-state index contributed by atoms with van der Waals surface area (Å²) in [5.74, 6) is -2.46. The van der Waals surface area contributed by atoms with Gasteiger partial charge in [0, 0.05) is 5.57 Å². The quantitative estimate of drug-likeness (QED) is 0.737. The van der Waals surface area contributed by atoms with E-state index in [0.29, 0.717) is 5.56 Å². The van der Waals surface area contributed by atoms with Crippen LogP contribution in [-0.2, 0) is 9.59 Å². The third kappa shape index (κ3) is 2.43. The van der Waals surface area contributed by atoms with Crippen molar-refractivity contribution in [2.75, 3.05) is 0 Å². The second kappa shape index (κ2) is 4.41. The Hall–Kier alpha value is -2.10. The fourth-order valence-electron chi connectivity index (χ4n) is 1.21. The van der Waals surface area contributed by atoms with Crippen LogP contribution in [0.1, 0.15) is 12.5 Å². The molecule has 0 fully saturated rings. The van der Waals surface area contributed by atoms with Gasteiger partial charge in [0.2, 0.25) is 0 Å². The monoisotopic (exact) mass is 206 g/mol. The first-order valence-electron chi connectivity index (χ1n) is 4.27. The highest BCUT2D eigenvalue weighted by molar-refractivity contribution is 6.21. The average molecular weight is 206 g/mol. The molecule has 1 aromatic rings. The Morgan fingerprint density at radius 1 is 1.00 bits per heavy atom. The van der Waals surface area contributed by atoms with Crippen LogP contribution in [-0.4, -0.2) is 22.2 Å². The maximum absolute atomic E-state index is 10.9. The Labute approximate surface area is 86.5 Å². The first kappa shape index (κ1) is 11.0. The second-order valence-corrected chi connectivity index (χ2v) is 2.98. The molecule has 0 unspecified atom stereocenters. The van der Waals surface area contributed by atoms with E-state index in [4.69, 9.17) is 10.2 Å².